The van der Waals surface area contributed by atoms with Crippen LogP contribution in [0.4, 0.5) is 0 Å². The van der Waals surface area contributed by atoms with E-state index < -0.39 is 0 Å². The lowest BCUT2D eigenvalue weighted by molar-refractivity contribution is -0.140. The summed E-state index contributed by atoms with van der Waals surface area (Å²) in [6.07, 6.45) is 3.50. The number of amides is 2. The van der Waals surface area contributed by atoms with Gasteiger partial charge in [-0.1, -0.05) is 20.8 Å². The molecule has 0 aliphatic carbocycles. The minimum Gasteiger partial charge on any atom is -0.354 e. The maximum atomic E-state index is 12.5. The maximum Gasteiger partial charge on any atom is 0.225 e. The minimum absolute atomic E-state index is 0.0256. The molecule has 1 fully saturated rings. The van der Waals surface area contributed by atoms with Gasteiger partial charge in [0, 0.05) is 38.0 Å². The van der Waals surface area contributed by atoms with Crippen LogP contribution in [-0.2, 0) is 9.59 Å². The number of carbonyl (C=O) groups is 2. The molecule has 1 aliphatic heterocycles. The molecule has 2 unspecified atom stereocenters. The first-order chi connectivity index (χ1) is 9.47. The summed E-state index contributed by atoms with van der Waals surface area (Å²) in [6, 6.07) is 0.138. The molecular weight excluding hydrogens is 254 g/mol. The molecule has 0 bridgehead atoms. The van der Waals surface area contributed by atoms with Crippen molar-refractivity contribution in [3.8, 4) is 0 Å². The van der Waals surface area contributed by atoms with Gasteiger partial charge in [0.15, 0.2) is 0 Å². The molecule has 20 heavy (non-hydrogen) atoms. The van der Waals surface area contributed by atoms with E-state index in [1.807, 2.05) is 11.8 Å². The van der Waals surface area contributed by atoms with Crippen LogP contribution in [-0.4, -0.2) is 42.4 Å². The Labute approximate surface area is 122 Å². The molecule has 3 N–H and O–H groups in total. The van der Waals surface area contributed by atoms with Gasteiger partial charge in [0.25, 0.3) is 0 Å². The van der Waals surface area contributed by atoms with Crippen LogP contribution in [0.1, 0.15) is 46.5 Å². The number of piperidine rings is 1. The number of hydrogen-bond donors (Lipinski definition) is 2. The molecule has 0 radical (unpaired) electrons. The van der Waals surface area contributed by atoms with E-state index in [9.17, 15) is 9.59 Å². The Morgan fingerprint density at radius 2 is 2.00 bits per heavy atom. The zero-order valence-corrected chi connectivity index (χ0v) is 13.0. The smallest absolute Gasteiger partial charge is 0.225 e. The number of rotatable bonds is 6. The summed E-state index contributed by atoms with van der Waals surface area (Å²) in [4.78, 5) is 26.0. The molecule has 1 saturated heterocycles. The van der Waals surface area contributed by atoms with Crippen molar-refractivity contribution in [1.29, 1.82) is 0 Å². The largest absolute Gasteiger partial charge is 0.354 e. The molecular formula is C15H29N3O2. The van der Waals surface area contributed by atoms with E-state index >= 15 is 0 Å². The normalized spacial score (nSPS) is 20.9. The van der Waals surface area contributed by atoms with Gasteiger partial charge in [-0.05, 0) is 25.2 Å². The molecule has 5 nitrogen and oxygen atoms in total. The highest BCUT2D eigenvalue weighted by atomic mass is 16.2. The first-order valence-electron chi connectivity index (χ1n) is 7.74. The fraction of sp³-hybridized carbons (Fsp3) is 0.867. The van der Waals surface area contributed by atoms with Crippen LogP contribution < -0.4 is 11.1 Å². The van der Waals surface area contributed by atoms with Crippen LogP contribution >= 0.6 is 0 Å². The van der Waals surface area contributed by atoms with Crippen molar-refractivity contribution in [2.45, 2.75) is 52.5 Å². The summed E-state index contributed by atoms with van der Waals surface area (Å²) in [6.45, 7) is 7.87. The SMILES string of the molecule is CC(C)C(C)C(=O)N1CCCCC1CNC(=O)CCN. The molecule has 116 valence electrons. The van der Waals surface area contributed by atoms with E-state index in [0.29, 0.717) is 25.4 Å². The van der Waals surface area contributed by atoms with Gasteiger partial charge >= 0.3 is 0 Å². The van der Waals surface area contributed by atoms with Crippen molar-refractivity contribution in [3.63, 3.8) is 0 Å². The summed E-state index contributed by atoms with van der Waals surface area (Å²) in [5, 5.41) is 2.89. The van der Waals surface area contributed by atoms with E-state index in [1.165, 1.54) is 0 Å². The lowest BCUT2D eigenvalue weighted by atomic mass is 9.93. The van der Waals surface area contributed by atoms with Crippen LogP contribution in [0.3, 0.4) is 0 Å². The Balaban J connectivity index is 2.57. The van der Waals surface area contributed by atoms with Gasteiger partial charge in [-0.25, -0.2) is 0 Å². The highest BCUT2D eigenvalue weighted by Gasteiger charge is 2.30. The summed E-state index contributed by atoms with van der Waals surface area (Å²) in [5.74, 6) is 0.576. The average Bonchev–Trinajstić information content (AvgIpc) is 2.44. The average molecular weight is 283 g/mol. The van der Waals surface area contributed by atoms with Gasteiger partial charge in [-0.2, -0.15) is 0 Å². The number of likely N-dealkylation sites (tertiary alicyclic amines) is 1. The highest BCUT2D eigenvalue weighted by Crippen LogP contribution is 2.21. The van der Waals surface area contributed by atoms with Gasteiger partial charge in [0.2, 0.25) is 11.8 Å². The second-order valence-corrected chi connectivity index (χ2v) is 6.06. The summed E-state index contributed by atoms with van der Waals surface area (Å²) < 4.78 is 0. The van der Waals surface area contributed by atoms with Gasteiger partial charge in [0.05, 0.1) is 0 Å². The monoisotopic (exact) mass is 283 g/mol. The van der Waals surface area contributed by atoms with E-state index in [-0.39, 0.29) is 23.8 Å². The lowest BCUT2D eigenvalue weighted by Crippen LogP contribution is -2.51. The Bertz CT molecular complexity index is 331. The van der Waals surface area contributed by atoms with E-state index in [2.05, 4.69) is 19.2 Å². The van der Waals surface area contributed by atoms with E-state index in [1.54, 1.807) is 0 Å². The Morgan fingerprint density at radius 3 is 2.60 bits per heavy atom. The third-order valence-electron chi connectivity index (χ3n) is 4.21. The zero-order valence-electron chi connectivity index (χ0n) is 13.0. The minimum atomic E-state index is -0.0256. The van der Waals surface area contributed by atoms with E-state index in [0.717, 1.165) is 25.8 Å². The van der Waals surface area contributed by atoms with Crippen molar-refractivity contribution < 1.29 is 9.59 Å². The summed E-state index contributed by atoms with van der Waals surface area (Å²) >= 11 is 0. The molecule has 1 rings (SSSR count). The van der Waals surface area contributed by atoms with Crippen LogP contribution in [0.2, 0.25) is 0 Å². The highest BCUT2D eigenvalue weighted by molar-refractivity contribution is 5.79. The fourth-order valence-corrected chi connectivity index (χ4v) is 2.50. The quantitative estimate of drug-likeness (QED) is 0.767. The van der Waals surface area contributed by atoms with Gasteiger partial charge in [-0.15, -0.1) is 0 Å². The van der Waals surface area contributed by atoms with E-state index in [4.69, 9.17) is 5.73 Å². The maximum absolute atomic E-state index is 12.5. The van der Waals surface area contributed by atoms with Crippen molar-refractivity contribution in [1.82, 2.24) is 10.2 Å². The first-order valence-corrected chi connectivity index (χ1v) is 7.74. The Kier molecular flexibility index (Phi) is 6.99. The predicted molar refractivity (Wildman–Crippen MR) is 80.0 cm³/mol. The van der Waals surface area contributed by atoms with Crippen molar-refractivity contribution >= 4 is 11.8 Å². The molecule has 0 saturated carbocycles. The van der Waals surface area contributed by atoms with Crippen LogP contribution in [0.15, 0.2) is 0 Å². The fourth-order valence-electron chi connectivity index (χ4n) is 2.50. The van der Waals surface area contributed by atoms with Gasteiger partial charge in [0.1, 0.15) is 0 Å². The van der Waals surface area contributed by atoms with Gasteiger partial charge < -0.3 is 16.0 Å². The molecule has 0 aromatic carbocycles. The Hall–Kier alpha value is -1.10. The lowest BCUT2D eigenvalue weighted by Gasteiger charge is -2.38. The summed E-state index contributed by atoms with van der Waals surface area (Å²) in [7, 11) is 0. The van der Waals surface area contributed by atoms with Crippen molar-refractivity contribution in [2.24, 2.45) is 17.6 Å². The molecule has 0 spiro atoms. The molecule has 2 amide bonds. The molecule has 0 aromatic rings. The first kappa shape index (κ1) is 17.0. The molecule has 1 aliphatic rings. The summed E-state index contributed by atoms with van der Waals surface area (Å²) in [5.41, 5.74) is 5.36. The van der Waals surface area contributed by atoms with Crippen molar-refractivity contribution in [3.05, 3.63) is 0 Å². The number of nitrogens with one attached hydrogen (secondary N) is 1. The third-order valence-corrected chi connectivity index (χ3v) is 4.21. The van der Waals surface area contributed by atoms with Crippen LogP contribution in [0, 0.1) is 11.8 Å². The second kappa shape index (κ2) is 8.25. The number of nitrogens with two attached hydrogens (primary N) is 1. The van der Waals surface area contributed by atoms with Gasteiger partial charge in [-0.3, -0.25) is 9.59 Å². The third kappa shape index (κ3) is 4.78. The number of carbonyl (C=O) groups excluding carboxylic acids is 2. The Morgan fingerprint density at radius 1 is 1.30 bits per heavy atom. The topological polar surface area (TPSA) is 75.4 Å². The standard InChI is InChI=1S/C15H29N3O2/c1-11(2)12(3)15(20)18-9-5-4-6-13(18)10-17-14(19)7-8-16/h11-13H,4-10,16H2,1-3H3,(H,17,19). The number of hydrogen-bond acceptors (Lipinski definition) is 3. The molecule has 2 atom stereocenters. The molecule has 1 heterocycles. The van der Waals surface area contributed by atoms with Crippen LogP contribution in [0.25, 0.3) is 0 Å². The molecule has 5 heteroatoms. The second-order valence-electron chi connectivity index (χ2n) is 6.06. The number of nitrogens with zero attached hydrogens (tertiary/aromatic N) is 1. The predicted octanol–water partition coefficient (Wildman–Crippen LogP) is 1.12. The zero-order chi connectivity index (χ0) is 15.1. The van der Waals surface area contributed by atoms with Crippen LogP contribution in [0.5, 0.6) is 0 Å². The molecule has 0 aromatic heterocycles. The van der Waals surface area contributed by atoms with Crippen molar-refractivity contribution in [2.75, 3.05) is 19.6 Å².